The Morgan fingerprint density at radius 2 is 2.08 bits per heavy atom. The normalized spacial score (nSPS) is 26.9. The molecule has 1 aromatic heterocycles. The minimum atomic E-state index is -1.59. The molecule has 2 heterocycles. The highest BCUT2D eigenvalue weighted by Crippen LogP contribution is 2.28. The molecule has 0 amide bonds. The second kappa shape index (κ2) is 8.08. The summed E-state index contributed by atoms with van der Waals surface area (Å²) in [5.41, 5.74) is -2.23. The second-order valence-electron chi connectivity index (χ2n) is 6.33. The van der Waals surface area contributed by atoms with Crippen LogP contribution in [0.25, 0.3) is 0 Å². The van der Waals surface area contributed by atoms with E-state index in [4.69, 9.17) is 9.47 Å². The Kier molecular flexibility index (Phi) is 6.29. The van der Waals surface area contributed by atoms with E-state index in [0.29, 0.717) is 10.8 Å². The van der Waals surface area contributed by atoms with Gasteiger partial charge >= 0.3 is 11.7 Å². The van der Waals surface area contributed by atoms with Gasteiger partial charge in [-0.2, -0.15) is 4.39 Å². The Hall–Kier alpha value is -2.08. The number of nitrogens with zero attached hydrogens (tertiary/aromatic N) is 1. The minimum absolute atomic E-state index is 0.0389. The van der Waals surface area contributed by atoms with Crippen molar-refractivity contribution in [3.8, 4) is 0 Å². The first kappa shape index (κ1) is 20.2. The Bertz CT molecular complexity index is 762. The van der Waals surface area contributed by atoms with Gasteiger partial charge in [0.1, 0.15) is 31.0 Å². The van der Waals surface area contributed by atoms with Crippen LogP contribution in [-0.2, 0) is 14.3 Å². The second-order valence-corrected chi connectivity index (χ2v) is 6.33. The maximum Gasteiger partial charge on any atom is 0.330 e. The number of likely N-dealkylation sites (N-methyl/N-ethyl adjacent to an activating group) is 1. The molecule has 2 rings (SSSR count). The lowest BCUT2D eigenvalue weighted by atomic mass is 10.1. The standard InChI is InChI=1S/C15H22FN3O7/c1-6(2)9(17-3)14(23)25-5-8-10(20)11(21)13(26-8)19-4-7(16)12(22)18-15(19)24/h4,6,8-11,13,17,20-21H,5H2,1-3H3,(H,18,22,24)/t8-,9+,10?,11?,13-/m1/s1. The van der Waals surface area contributed by atoms with Crippen LogP contribution in [0.4, 0.5) is 4.39 Å². The average Bonchev–Trinajstić information content (AvgIpc) is 2.84. The van der Waals surface area contributed by atoms with E-state index in [1.54, 1.807) is 12.0 Å². The highest BCUT2D eigenvalue weighted by Gasteiger charge is 2.45. The van der Waals surface area contributed by atoms with Crippen molar-refractivity contribution in [2.75, 3.05) is 13.7 Å². The molecule has 0 aromatic carbocycles. The topological polar surface area (TPSA) is 143 Å². The van der Waals surface area contributed by atoms with Crippen LogP contribution in [0.5, 0.6) is 0 Å². The molecule has 0 saturated carbocycles. The number of carbonyl (C=O) groups excluding carboxylic acids is 1. The molecule has 26 heavy (non-hydrogen) atoms. The van der Waals surface area contributed by atoms with Crippen molar-refractivity contribution in [1.29, 1.82) is 0 Å². The molecule has 0 aliphatic carbocycles. The molecule has 0 spiro atoms. The number of ether oxygens (including phenoxy) is 2. The lowest BCUT2D eigenvalue weighted by Gasteiger charge is -2.20. The monoisotopic (exact) mass is 375 g/mol. The van der Waals surface area contributed by atoms with Crippen LogP contribution < -0.4 is 16.6 Å². The molecule has 0 radical (unpaired) electrons. The highest BCUT2D eigenvalue weighted by molar-refractivity contribution is 5.76. The number of nitrogens with one attached hydrogen (secondary N) is 2. The fraction of sp³-hybridized carbons (Fsp3) is 0.667. The van der Waals surface area contributed by atoms with Gasteiger partial charge in [-0.3, -0.25) is 19.1 Å². The van der Waals surface area contributed by atoms with Crippen molar-refractivity contribution in [1.82, 2.24) is 14.9 Å². The molecule has 1 aliphatic heterocycles. The first-order valence-electron chi connectivity index (χ1n) is 8.03. The summed E-state index contributed by atoms with van der Waals surface area (Å²) in [6.07, 6.45) is -5.08. The summed E-state index contributed by atoms with van der Waals surface area (Å²) in [6, 6.07) is -0.565. The van der Waals surface area contributed by atoms with Gasteiger partial charge in [0.2, 0.25) is 5.82 Å². The van der Waals surface area contributed by atoms with Gasteiger partial charge in [0.15, 0.2) is 6.23 Å². The number of esters is 1. The first-order chi connectivity index (χ1) is 12.2. The van der Waals surface area contributed by atoms with Gasteiger partial charge in [-0.15, -0.1) is 0 Å². The van der Waals surface area contributed by atoms with Crippen LogP contribution in [0.3, 0.4) is 0 Å². The lowest BCUT2D eigenvalue weighted by molar-refractivity contribution is -0.153. The third-order valence-corrected chi connectivity index (χ3v) is 4.16. The number of carbonyl (C=O) groups is 1. The number of aliphatic hydroxyl groups excluding tert-OH is 2. The van der Waals surface area contributed by atoms with Gasteiger partial charge in [-0.05, 0) is 13.0 Å². The SMILES string of the molecule is CN[C@H](C(=O)OC[C@H]1O[C@@H](n2cc(F)c(=O)[nH]c2=O)C(O)C1O)C(C)C. The molecule has 1 fully saturated rings. The van der Waals surface area contributed by atoms with Crippen molar-refractivity contribution in [3.05, 3.63) is 32.9 Å². The van der Waals surface area contributed by atoms with E-state index in [9.17, 15) is 29.0 Å². The van der Waals surface area contributed by atoms with Crippen molar-refractivity contribution < 1.29 is 28.9 Å². The summed E-state index contributed by atoms with van der Waals surface area (Å²) >= 11 is 0. The minimum Gasteiger partial charge on any atom is -0.462 e. The van der Waals surface area contributed by atoms with Gasteiger partial charge in [0, 0.05) is 0 Å². The Balaban J connectivity index is 2.10. The van der Waals surface area contributed by atoms with Gasteiger partial charge in [0.05, 0.1) is 6.20 Å². The quantitative estimate of drug-likeness (QED) is 0.422. The number of hydrogen-bond acceptors (Lipinski definition) is 8. The van der Waals surface area contributed by atoms with E-state index in [1.165, 1.54) is 0 Å². The third kappa shape index (κ3) is 4.01. The fourth-order valence-corrected chi connectivity index (χ4v) is 2.72. The molecular weight excluding hydrogens is 353 g/mol. The molecule has 5 atom stereocenters. The van der Waals surface area contributed by atoms with E-state index < -0.39 is 53.6 Å². The Morgan fingerprint density at radius 3 is 2.65 bits per heavy atom. The summed E-state index contributed by atoms with van der Waals surface area (Å²) in [7, 11) is 1.60. The molecule has 4 N–H and O–H groups in total. The van der Waals surface area contributed by atoms with Gasteiger partial charge in [0.25, 0.3) is 5.56 Å². The molecule has 146 valence electrons. The smallest absolute Gasteiger partial charge is 0.330 e. The maximum atomic E-state index is 13.4. The third-order valence-electron chi connectivity index (χ3n) is 4.16. The number of aromatic amines is 1. The number of halogens is 1. The summed E-state index contributed by atoms with van der Waals surface area (Å²) in [6.45, 7) is 3.26. The van der Waals surface area contributed by atoms with E-state index in [-0.39, 0.29) is 12.5 Å². The van der Waals surface area contributed by atoms with E-state index >= 15 is 0 Å². The molecule has 1 aliphatic rings. The number of hydrogen-bond donors (Lipinski definition) is 4. The molecule has 1 aromatic rings. The average molecular weight is 375 g/mol. The Labute approximate surface area is 147 Å². The molecule has 0 bridgehead atoms. The van der Waals surface area contributed by atoms with Gasteiger partial charge in [-0.1, -0.05) is 13.8 Å². The van der Waals surface area contributed by atoms with Crippen molar-refractivity contribution in [3.63, 3.8) is 0 Å². The number of H-pyrrole nitrogens is 1. The largest absolute Gasteiger partial charge is 0.462 e. The molecule has 1 saturated heterocycles. The van der Waals surface area contributed by atoms with E-state index in [2.05, 4.69) is 5.32 Å². The van der Waals surface area contributed by atoms with Crippen molar-refractivity contribution in [2.24, 2.45) is 5.92 Å². The lowest BCUT2D eigenvalue weighted by Crippen LogP contribution is -2.42. The molecule has 11 heteroatoms. The van der Waals surface area contributed by atoms with Crippen molar-refractivity contribution in [2.45, 2.75) is 44.4 Å². The van der Waals surface area contributed by atoms with Crippen molar-refractivity contribution >= 4 is 5.97 Å². The number of aromatic nitrogens is 2. The van der Waals surface area contributed by atoms with Crippen LogP contribution in [0.15, 0.2) is 15.8 Å². The summed E-state index contributed by atoms with van der Waals surface area (Å²) in [4.78, 5) is 36.6. The van der Waals surface area contributed by atoms with Crippen LogP contribution in [0.2, 0.25) is 0 Å². The highest BCUT2D eigenvalue weighted by atomic mass is 19.1. The number of rotatable bonds is 6. The molecule has 10 nitrogen and oxygen atoms in total. The van der Waals surface area contributed by atoms with Crippen LogP contribution in [0.1, 0.15) is 20.1 Å². The predicted molar refractivity (Wildman–Crippen MR) is 85.8 cm³/mol. The molecular formula is C15H22FN3O7. The van der Waals surface area contributed by atoms with E-state index in [1.807, 2.05) is 13.8 Å². The zero-order valence-corrected chi connectivity index (χ0v) is 14.5. The zero-order chi connectivity index (χ0) is 19.6. The van der Waals surface area contributed by atoms with Gasteiger partial charge < -0.3 is 25.0 Å². The summed E-state index contributed by atoms with van der Waals surface area (Å²) in [5, 5.41) is 22.9. The van der Waals surface area contributed by atoms with E-state index in [0.717, 1.165) is 0 Å². The van der Waals surface area contributed by atoms with Crippen LogP contribution in [-0.4, -0.2) is 63.7 Å². The van der Waals surface area contributed by atoms with Crippen LogP contribution in [0, 0.1) is 11.7 Å². The Morgan fingerprint density at radius 1 is 1.42 bits per heavy atom. The fourth-order valence-electron chi connectivity index (χ4n) is 2.72. The molecule has 2 unspecified atom stereocenters. The predicted octanol–water partition coefficient (Wildman–Crippen LogP) is -1.92. The number of aliphatic hydroxyl groups is 2. The zero-order valence-electron chi connectivity index (χ0n) is 14.5. The first-order valence-corrected chi connectivity index (χ1v) is 8.03. The summed E-state index contributed by atoms with van der Waals surface area (Å²) in [5.74, 6) is -1.86. The van der Waals surface area contributed by atoms with Gasteiger partial charge in [-0.25, -0.2) is 4.79 Å². The summed E-state index contributed by atoms with van der Waals surface area (Å²) < 4.78 is 24.5. The van der Waals surface area contributed by atoms with Crippen LogP contribution >= 0.6 is 0 Å². The maximum absolute atomic E-state index is 13.4.